The van der Waals surface area contributed by atoms with Gasteiger partial charge in [0.25, 0.3) is 5.69 Å². The van der Waals surface area contributed by atoms with Gasteiger partial charge in [-0.2, -0.15) is 5.10 Å². The van der Waals surface area contributed by atoms with Crippen molar-refractivity contribution in [1.29, 1.82) is 0 Å². The van der Waals surface area contributed by atoms with E-state index in [2.05, 4.69) is 10.5 Å². The summed E-state index contributed by atoms with van der Waals surface area (Å²) in [6.07, 6.45) is 1.49. The molecule has 0 heterocycles. The van der Waals surface area contributed by atoms with Crippen LogP contribution in [0.2, 0.25) is 5.02 Å². The van der Waals surface area contributed by atoms with Crippen molar-refractivity contribution in [3.8, 4) is 0 Å². The van der Waals surface area contributed by atoms with E-state index in [-0.39, 0.29) is 17.3 Å². The van der Waals surface area contributed by atoms with E-state index < -0.39 is 4.92 Å². The predicted octanol–water partition coefficient (Wildman–Crippen LogP) is 3.63. The first kappa shape index (κ1) is 18.0. The Balaban J connectivity index is 1.73. The van der Waals surface area contributed by atoms with Crippen LogP contribution < -0.4 is 5.43 Å². The quantitative estimate of drug-likeness (QED) is 0.462. The number of nitrogens with zero attached hydrogens (tertiary/aromatic N) is 2. The van der Waals surface area contributed by atoms with Crippen LogP contribution in [0, 0.1) is 10.1 Å². The fourth-order valence-corrected chi connectivity index (χ4v) is 2.73. The number of nitrogens with one attached hydrogen (secondary N) is 1. The standard InChI is InChI=1S/C16H14ClN3O3S/c17-15-4-2-1-3-13(15)9-18-19-16(21)11-24-10-12-5-7-14(8-6-12)20(22)23/h1-9H,10-11H2,(H,19,21). The molecule has 8 heteroatoms. The van der Waals surface area contributed by atoms with Crippen molar-refractivity contribution in [2.75, 3.05) is 5.75 Å². The molecule has 0 fully saturated rings. The van der Waals surface area contributed by atoms with E-state index in [1.807, 2.05) is 12.1 Å². The molecule has 124 valence electrons. The number of carbonyl (C=O) groups excluding carboxylic acids is 1. The van der Waals surface area contributed by atoms with E-state index in [0.717, 1.165) is 11.1 Å². The molecule has 0 aliphatic carbocycles. The molecule has 0 spiro atoms. The van der Waals surface area contributed by atoms with Crippen LogP contribution in [-0.4, -0.2) is 22.8 Å². The summed E-state index contributed by atoms with van der Waals surface area (Å²) in [6.45, 7) is 0. The predicted molar refractivity (Wildman–Crippen MR) is 96.4 cm³/mol. The molecule has 24 heavy (non-hydrogen) atoms. The number of carbonyl (C=O) groups is 1. The molecule has 2 rings (SSSR count). The SMILES string of the molecule is O=C(CSCc1ccc([N+](=O)[O-])cc1)NN=Cc1ccccc1Cl. The summed E-state index contributed by atoms with van der Waals surface area (Å²) in [7, 11) is 0. The van der Waals surface area contributed by atoms with E-state index in [0.29, 0.717) is 10.8 Å². The zero-order valence-corrected chi connectivity index (χ0v) is 14.1. The normalized spacial score (nSPS) is 10.7. The first-order valence-corrected chi connectivity index (χ1v) is 8.47. The fourth-order valence-electron chi connectivity index (χ4n) is 1.76. The van der Waals surface area contributed by atoms with Crippen molar-refractivity contribution in [3.05, 3.63) is 74.8 Å². The molecule has 2 aromatic carbocycles. The highest BCUT2D eigenvalue weighted by Gasteiger charge is 2.05. The average Bonchev–Trinajstić information content (AvgIpc) is 2.57. The Morgan fingerprint density at radius 1 is 1.25 bits per heavy atom. The third kappa shape index (κ3) is 5.68. The van der Waals surface area contributed by atoms with E-state index in [1.165, 1.54) is 30.1 Å². The molecule has 0 saturated carbocycles. The topological polar surface area (TPSA) is 84.6 Å². The van der Waals surface area contributed by atoms with Crippen molar-refractivity contribution < 1.29 is 9.72 Å². The smallest absolute Gasteiger partial charge is 0.269 e. The van der Waals surface area contributed by atoms with Crippen molar-refractivity contribution in [3.63, 3.8) is 0 Å². The number of benzene rings is 2. The second kappa shape index (κ2) is 9.05. The summed E-state index contributed by atoms with van der Waals surface area (Å²) in [6, 6.07) is 13.4. The molecule has 0 saturated heterocycles. The molecule has 0 aromatic heterocycles. The summed E-state index contributed by atoms with van der Waals surface area (Å²) in [5.74, 6) is 0.585. The summed E-state index contributed by atoms with van der Waals surface area (Å²) in [5.41, 5.74) is 4.12. The number of rotatable bonds is 7. The Morgan fingerprint density at radius 3 is 2.62 bits per heavy atom. The lowest BCUT2D eigenvalue weighted by molar-refractivity contribution is -0.384. The maximum atomic E-state index is 11.7. The monoisotopic (exact) mass is 363 g/mol. The lowest BCUT2D eigenvalue weighted by Gasteiger charge is -2.02. The van der Waals surface area contributed by atoms with Gasteiger partial charge in [-0.05, 0) is 11.6 Å². The van der Waals surface area contributed by atoms with Gasteiger partial charge in [-0.25, -0.2) is 5.43 Å². The van der Waals surface area contributed by atoms with Crippen molar-refractivity contribution in [2.45, 2.75) is 5.75 Å². The van der Waals surface area contributed by atoms with Crippen molar-refractivity contribution in [1.82, 2.24) is 5.43 Å². The average molecular weight is 364 g/mol. The minimum atomic E-state index is -0.443. The number of halogens is 1. The number of thioether (sulfide) groups is 1. The number of hydrazone groups is 1. The highest BCUT2D eigenvalue weighted by atomic mass is 35.5. The highest BCUT2D eigenvalue weighted by molar-refractivity contribution is 7.99. The molecule has 0 bridgehead atoms. The van der Waals surface area contributed by atoms with Gasteiger partial charge in [0.2, 0.25) is 5.91 Å². The summed E-state index contributed by atoms with van der Waals surface area (Å²) in [5, 5.41) is 15.0. The lowest BCUT2D eigenvalue weighted by Crippen LogP contribution is -2.19. The largest absolute Gasteiger partial charge is 0.272 e. The molecule has 2 aromatic rings. The van der Waals surface area contributed by atoms with Crippen LogP contribution >= 0.6 is 23.4 Å². The Kier molecular flexibility index (Phi) is 6.77. The van der Waals surface area contributed by atoms with Crippen LogP contribution in [-0.2, 0) is 10.5 Å². The van der Waals surface area contributed by atoms with Crippen molar-refractivity contribution >= 4 is 41.2 Å². The molecule has 0 radical (unpaired) electrons. The number of hydrogen-bond acceptors (Lipinski definition) is 5. The van der Waals surface area contributed by atoms with Crippen LogP contribution in [0.4, 0.5) is 5.69 Å². The third-order valence-corrected chi connectivity index (χ3v) is 4.30. The number of nitro benzene ring substituents is 1. The first-order chi connectivity index (χ1) is 11.6. The maximum Gasteiger partial charge on any atom is 0.269 e. The van der Waals surface area contributed by atoms with Gasteiger partial charge in [-0.15, -0.1) is 11.8 Å². The molecular weight excluding hydrogens is 350 g/mol. The Morgan fingerprint density at radius 2 is 1.96 bits per heavy atom. The molecule has 0 aliphatic heterocycles. The Hall–Kier alpha value is -2.38. The molecule has 6 nitrogen and oxygen atoms in total. The fraction of sp³-hybridized carbons (Fsp3) is 0.125. The number of nitro groups is 1. The molecule has 0 aliphatic rings. The Bertz CT molecular complexity index is 750. The highest BCUT2D eigenvalue weighted by Crippen LogP contribution is 2.16. The van der Waals surface area contributed by atoms with E-state index >= 15 is 0 Å². The number of hydrogen-bond donors (Lipinski definition) is 1. The van der Waals surface area contributed by atoms with E-state index in [1.54, 1.807) is 24.3 Å². The van der Waals surface area contributed by atoms with Crippen LogP contribution in [0.5, 0.6) is 0 Å². The van der Waals surface area contributed by atoms with E-state index in [9.17, 15) is 14.9 Å². The summed E-state index contributed by atoms with van der Waals surface area (Å²) < 4.78 is 0. The lowest BCUT2D eigenvalue weighted by atomic mass is 10.2. The zero-order chi connectivity index (χ0) is 17.4. The zero-order valence-electron chi connectivity index (χ0n) is 12.5. The summed E-state index contributed by atoms with van der Waals surface area (Å²) in [4.78, 5) is 21.8. The third-order valence-electron chi connectivity index (χ3n) is 2.95. The Labute approximate surface area is 148 Å². The van der Waals surface area contributed by atoms with Gasteiger partial charge in [-0.1, -0.05) is 41.9 Å². The van der Waals surface area contributed by atoms with Gasteiger partial charge in [0.1, 0.15) is 0 Å². The molecule has 0 unspecified atom stereocenters. The molecule has 0 atom stereocenters. The van der Waals surface area contributed by atoms with Gasteiger partial charge in [0, 0.05) is 28.5 Å². The van der Waals surface area contributed by atoms with Gasteiger partial charge in [-0.3, -0.25) is 14.9 Å². The van der Waals surface area contributed by atoms with Gasteiger partial charge in [0.05, 0.1) is 16.9 Å². The number of amides is 1. The van der Waals surface area contributed by atoms with Crippen LogP contribution in [0.1, 0.15) is 11.1 Å². The van der Waals surface area contributed by atoms with Crippen molar-refractivity contribution in [2.24, 2.45) is 5.10 Å². The molecule has 1 N–H and O–H groups in total. The first-order valence-electron chi connectivity index (χ1n) is 6.94. The van der Waals surface area contributed by atoms with Gasteiger partial charge >= 0.3 is 0 Å². The maximum absolute atomic E-state index is 11.7. The second-order valence-electron chi connectivity index (χ2n) is 4.73. The van der Waals surface area contributed by atoms with Crippen LogP contribution in [0.25, 0.3) is 0 Å². The minimum absolute atomic E-state index is 0.0513. The van der Waals surface area contributed by atoms with Gasteiger partial charge < -0.3 is 0 Å². The van der Waals surface area contributed by atoms with Crippen LogP contribution in [0.15, 0.2) is 53.6 Å². The van der Waals surface area contributed by atoms with Gasteiger partial charge in [0.15, 0.2) is 0 Å². The molecule has 1 amide bonds. The number of non-ortho nitro benzene ring substituents is 1. The van der Waals surface area contributed by atoms with Crippen LogP contribution in [0.3, 0.4) is 0 Å². The summed E-state index contributed by atoms with van der Waals surface area (Å²) >= 11 is 7.37. The minimum Gasteiger partial charge on any atom is -0.272 e. The second-order valence-corrected chi connectivity index (χ2v) is 6.12. The van der Waals surface area contributed by atoms with E-state index in [4.69, 9.17) is 11.6 Å². The molecular formula is C16H14ClN3O3S.